The highest BCUT2D eigenvalue weighted by molar-refractivity contribution is 7.89. The van der Waals surface area contributed by atoms with Gasteiger partial charge in [0, 0.05) is 48.7 Å². The van der Waals surface area contributed by atoms with E-state index in [-0.39, 0.29) is 12.3 Å². The van der Waals surface area contributed by atoms with Crippen LogP contribution in [0.25, 0.3) is 22.0 Å². The number of likely N-dealkylation sites (N-methyl/N-ethyl adjacent to an activating group) is 1. The lowest BCUT2D eigenvalue weighted by atomic mass is 10.0. The number of rotatable bonds is 7. The summed E-state index contributed by atoms with van der Waals surface area (Å²) in [6.07, 6.45) is 0. The Hall–Kier alpha value is -2.19. The Balaban J connectivity index is 1.67. The zero-order valence-electron chi connectivity index (χ0n) is 18.5. The molecule has 0 amide bonds. The van der Waals surface area contributed by atoms with Crippen LogP contribution in [0.5, 0.6) is 0 Å². The summed E-state index contributed by atoms with van der Waals surface area (Å²) in [4.78, 5) is 9.87. The Morgan fingerprint density at radius 3 is 2.47 bits per heavy atom. The largest absolute Gasteiger partial charge is 0.354 e. The van der Waals surface area contributed by atoms with E-state index < -0.39 is 10.0 Å². The predicted molar refractivity (Wildman–Crippen MR) is 133 cm³/mol. The average Bonchev–Trinajstić information content (AvgIpc) is 2.82. The molecule has 0 unspecified atom stereocenters. The van der Waals surface area contributed by atoms with Crippen molar-refractivity contribution < 1.29 is 8.42 Å². The van der Waals surface area contributed by atoms with Crippen LogP contribution >= 0.6 is 11.6 Å². The molecule has 1 saturated heterocycles. The molecule has 1 fully saturated rings. The smallest absolute Gasteiger partial charge is 0.211 e. The Labute approximate surface area is 195 Å². The molecule has 1 N–H and O–H groups in total. The van der Waals surface area contributed by atoms with Crippen molar-refractivity contribution in [3.63, 3.8) is 0 Å². The molecule has 0 radical (unpaired) electrons. The van der Waals surface area contributed by atoms with Gasteiger partial charge in [-0.3, -0.25) is 0 Å². The first-order valence-electron chi connectivity index (χ1n) is 11.0. The van der Waals surface area contributed by atoms with E-state index in [1.165, 1.54) is 0 Å². The number of hydrogen-bond acceptors (Lipinski definition) is 5. The second kappa shape index (κ2) is 9.75. The first kappa shape index (κ1) is 23.0. The van der Waals surface area contributed by atoms with Crippen molar-refractivity contribution in [1.82, 2.24) is 14.6 Å². The van der Waals surface area contributed by atoms with Gasteiger partial charge in [-0.15, -0.1) is 0 Å². The van der Waals surface area contributed by atoms with E-state index in [9.17, 15) is 8.42 Å². The van der Waals surface area contributed by atoms with E-state index in [0.717, 1.165) is 66.1 Å². The maximum absolute atomic E-state index is 11.8. The number of hydrogen-bond donors (Lipinski definition) is 1. The van der Waals surface area contributed by atoms with Gasteiger partial charge in [0.05, 0.1) is 11.4 Å². The van der Waals surface area contributed by atoms with Crippen LogP contribution in [0.4, 0.5) is 5.82 Å². The number of piperazine rings is 1. The van der Waals surface area contributed by atoms with Crippen molar-refractivity contribution in [2.75, 3.05) is 43.4 Å². The minimum absolute atomic E-state index is 0.0407. The highest BCUT2D eigenvalue weighted by atomic mass is 35.5. The molecule has 1 aromatic heterocycles. The number of pyridine rings is 1. The van der Waals surface area contributed by atoms with Crippen molar-refractivity contribution >= 4 is 38.2 Å². The Morgan fingerprint density at radius 1 is 1.03 bits per heavy atom. The van der Waals surface area contributed by atoms with Crippen LogP contribution in [0.2, 0.25) is 5.02 Å². The summed E-state index contributed by atoms with van der Waals surface area (Å²) >= 11 is 6.51. The normalized spacial score (nSPS) is 15.4. The van der Waals surface area contributed by atoms with E-state index in [1.54, 1.807) is 6.92 Å². The van der Waals surface area contributed by atoms with Gasteiger partial charge in [0.25, 0.3) is 0 Å². The monoisotopic (exact) mass is 472 g/mol. The summed E-state index contributed by atoms with van der Waals surface area (Å²) in [6.45, 7) is 9.02. The van der Waals surface area contributed by atoms with E-state index in [4.69, 9.17) is 16.6 Å². The lowest BCUT2D eigenvalue weighted by molar-refractivity contribution is 0.271. The Morgan fingerprint density at radius 2 is 1.78 bits per heavy atom. The number of fused-ring (bicyclic) bond motifs is 1. The molecule has 0 saturated carbocycles. The summed E-state index contributed by atoms with van der Waals surface area (Å²) in [5.74, 6) is 1.05. The van der Waals surface area contributed by atoms with Gasteiger partial charge in [-0.2, -0.15) is 0 Å². The van der Waals surface area contributed by atoms with Crippen molar-refractivity contribution in [3.05, 3.63) is 59.1 Å². The van der Waals surface area contributed by atoms with Crippen LogP contribution < -0.4 is 9.62 Å². The first-order chi connectivity index (χ1) is 15.4. The van der Waals surface area contributed by atoms with Crippen molar-refractivity contribution in [3.8, 4) is 11.3 Å². The average molecular weight is 473 g/mol. The third kappa shape index (κ3) is 5.07. The molecule has 6 nitrogen and oxygen atoms in total. The molecule has 8 heteroatoms. The van der Waals surface area contributed by atoms with E-state index >= 15 is 0 Å². The number of anilines is 1. The second-order valence-electron chi connectivity index (χ2n) is 8.00. The van der Waals surface area contributed by atoms with E-state index in [0.29, 0.717) is 5.02 Å². The minimum atomic E-state index is -3.28. The molecule has 3 aromatic rings. The van der Waals surface area contributed by atoms with Gasteiger partial charge in [0.2, 0.25) is 10.0 Å². The maximum atomic E-state index is 11.8. The lowest BCUT2D eigenvalue weighted by Crippen LogP contribution is -2.46. The van der Waals surface area contributed by atoms with Gasteiger partial charge < -0.3 is 9.80 Å². The summed E-state index contributed by atoms with van der Waals surface area (Å²) < 4.78 is 26.1. The van der Waals surface area contributed by atoms with Gasteiger partial charge in [0.15, 0.2) is 0 Å². The number of halogens is 1. The van der Waals surface area contributed by atoms with Gasteiger partial charge in [-0.1, -0.05) is 54.9 Å². The Kier molecular flexibility index (Phi) is 7.00. The molecule has 1 aliphatic heterocycles. The molecule has 0 bridgehead atoms. The van der Waals surface area contributed by atoms with Crippen molar-refractivity contribution in [2.45, 2.75) is 20.4 Å². The standard InChI is InChI=1S/C24H29ClN4O2S/c1-3-28-11-13-29(14-12-28)24-21-8-6-5-7-18(21)16-23(27-24)19-9-10-20(22(25)15-19)17-26-32(30,31)4-2/h5-10,15-16,26H,3-4,11-14,17H2,1-2H3. The number of benzene rings is 2. The van der Waals surface area contributed by atoms with Gasteiger partial charge in [0.1, 0.15) is 5.82 Å². The van der Waals surface area contributed by atoms with Gasteiger partial charge >= 0.3 is 0 Å². The first-order valence-corrected chi connectivity index (χ1v) is 13.1. The molecule has 2 aromatic carbocycles. The van der Waals surface area contributed by atoms with Crippen LogP contribution in [0.3, 0.4) is 0 Å². The lowest BCUT2D eigenvalue weighted by Gasteiger charge is -2.35. The number of nitrogens with zero attached hydrogens (tertiary/aromatic N) is 3. The van der Waals surface area contributed by atoms with Crippen molar-refractivity contribution in [1.29, 1.82) is 0 Å². The zero-order chi connectivity index (χ0) is 22.7. The fourth-order valence-corrected chi connectivity index (χ4v) is 4.81. The Bertz CT molecular complexity index is 1210. The van der Waals surface area contributed by atoms with Crippen LogP contribution in [0.15, 0.2) is 48.5 Å². The van der Waals surface area contributed by atoms with E-state index in [1.807, 2.05) is 24.3 Å². The molecule has 1 aliphatic rings. The molecule has 170 valence electrons. The summed E-state index contributed by atoms with van der Waals surface area (Å²) in [7, 11) is -3.28. The number of nitrogens with one attached hydrogen (secondary N) is 1. The van der Waals surface area contributed by atoms with Crippen molar-refractivity contribution in [2.24, 2.45) is 0 Å². The predicted octanol–water partition coefficient (Wildman–Crippen LogP) is 4.14. The second-order valence-corrected chi connectivity index (χ2v) is 10.5. The number of aromatic nitrogens is 1. The molecule has 4 rings (SSSR count). The van der Waals surface area contributed by atoms with Crippen LogP contribution in [0.1, 0.15) is 19.4 Å². The summed E-state index contributed by atoms with van der Waals surface area (Å²) in [6, 6.07) is 16.1. The quantitative estimate of drug-likeness (QED) is 0.560. The molecule has 2 heterocycles. The molecule has 0 aliphatic carbocycles. The van der Waals surface area contributed by atoms with Gasteiger partial charge in [-0.25, -0.2) is 18.1 Å². The highest BCUT2D eigenvalue weighted by Gasteiger charge is 2.20. The summed E-state index contributed by atoms with van der Waals surface area (Å²) in [5, 5.41) is 2.81. The van der Waals surface area contributed by atoms with Crippen LogP contribution in [0, 0.1) is 0 Å². The van der Waals surface area contributed by atoms with Crippen LogP contribution in [-0.4, -0.2) is 56.8 Å². The highest BCUT2D eigenvalue weighted by Crippen LogP contribution is 2.32. The fraction of sp³-hybridized carbons (Fsp3) is 0.375. The SMILES string of the molecule is CCN1CCN(c2nc(-c3ccc(CNS(=O)(=O)CC)c(Cl)c3)cc3ccccc23)CC1. The molecule has 0 atom stereocenters. The fourth-order valence-electron chi connectivity index (χ4n) is 3.99. The number of sulfonamides is 1. The summed E-state index contributed by atoms with van der Waals surface area (Å²) in [5.41, 5.74) is 2.51. The van der Waals surface area contributed by atoms with E-state index in [2.05, 4.69) is 45.7 Å². The van der Waals surface area contributed by atoms with Gasteiger partial charge in [-0.05, 0) is 36.6 Å². The molecular weight excluding hydrogens is 444 g/mol. The minimum Gasteiger partial charge on any atom is -0.354 e. The maximum Gasteiger partial charge on any atom is 0.211 e. The molecule has 32 heavy (non-hydrogen) atoms. The third-order valence-electron chi connectivity index (χ3n) is 6.05. The third-order valence-corrected chi connectivity index (χ3v) is 7.75. The zero-order valence-corrected chi connectivity index (χ0v) is 20.1. The molecule has 0 spiro atoms. The topological polar surface area (TPSA) is 65.5 Å². The molecular formula is C24H29ClN4O2S. The van der Waals surface area contributed by atoms with Crippen LogP contribution in [-0.2, 0) is 16.6 Å².